The van der Waals surface area contributed by atoms with Crippen LogP contribution in [0.1, 0.15) is 25.3 Å². The zero-order chi connectivity index (χ0) is 11.8. The molecule has 0 amide bonds. The minimum Gasteiger partial charge on any atom is -0.328 e. The normalized spacial score (nSPS) is 12.7. The van der Waals surface area contributed by atoms with Crippen molar-refractivity contribution in [2.24, 2.45) is 5.73 Å². The van der Waals surface area contributed by atoms with Gasteiger partial charge in [0.15, 0.2) is 0 Å². The molecule has 1 aromatic rings. The highest BCUT2D eigenvalue weighted by molar-refractivity contribution is 7.98. The van der Waals surface area contributed by atoms with Crippen LogP contribution in [0.15, 0.2) is 29.2 Å². The number of hydrogen-bond donors (Lipinski definition) is 2. The lowest BCUT2D eigenvalue weighted by molar-refractivity contribution is 0.574. The van der Waals surface area contributed by atoms with E-state index >= 15 is 0 Å². The maximum atomic E-state index is 5.69. The first kappa shape index (κ1) is 13.6. The SMILES string of the molecule is CSc1ccc(CNCCCC(C)N)cc1. The molecule has 0 aliphatic rings. The first-order valence-electron chi connectivity index (χ1n) is 5.81. The molecular formula is C13H22N2S. The standard InChI is InChI=1S/C13H22N2S/c1-11(14)4-3-9-15-10-12-5-7-13(16-2)8-6-12/h5-8,11,15H,3-4,9-10,14H2,1-2H3. The molecule has 0 aliphatic heterocycles. The topological polar surface area (TPSA) is 38.0 Å². The van der Waals surface area contributed by atoms with Crippen LogP contribution in [0.2, 0.25) is 0 Å². The third-order valence-corrected chi connectivity index (χ3v) is 3.24. The van der Waals surface area contributed by atoms with Crippen molar-refractivity contribution < 1.29 is 0 Å². The summed E-state index contributed by atoms with van der Waals surface area (Å²) in [5.41, 5.74) is 7.03. The molecule has 1 unspecified atom stereocenters. The van der Waals surface area contributed by atoms with Crippen LogP contribution in [-0.2, 0) is 6.54 Å². The molecule has 90 valence electrons. The Balaban J connectivity index is 2.16. The highest BCUT2D eigenvalue weighted by Gasteiger charge is 1.95. The summed E-state index contributed by atoms with van der Waals surface area (Å²) < 4.78 is 0. The van der Waals surface area contributed by atoms with E-state index in [1.165, 1.54) is 10.5 Å². The summed E-state index contributed by atoms with van der Waals surface area (Å²) >= 11 is 1.78. The third kappa shape index (κ3) is 5.54. The van der Waals surface area contributed by atoms with Crippen LogP contribution in [0.5, 0.6) is 0 Å². The van der Waals surface area contributed by atoms with Gasteiger partial charge in [0.05, 0.1) is 0 Å². The fourth-order valence-corrected chi connectivity index (χ4v) is 1.93. The van der Waals surface area contributed by atoms with Crippen LogP contribution < -0.4 is 11.1 Å². The van der Waals surface area contributed by atoms with Crippen LogP contribution in [0, 0.1) is 0 Å². The number of nitrogens with two attached hydrogens (primary N) is 1. The molecule has 0 radical (unpaired) electrons. The quantitative estimate of drug-likeness (QED) is 0.566. The van der Waals surface area contributed by atoms with Crippen molar-refractivity contribution in [3.63, 3.8) is 0 Å². The van der Waals surface area contributed by atoms with E-state index in [0.29, 0.717) is 6.04 Å². The van der Waals surface area contributed by atoms with Gasteiger partial charge in [-0.15, -0.1) is 11.8 Å². The first-order chi connectivity index (χ1) is 7.72. The molecule has 0 saturated carbocycles. The van der Waals surface area contributed by atoms with E-state index in [0.717, 1.165) is 25.9 Å². The van der Waals surface area contributed by atoms with Gasteiger partial charge in [-0.3, -0.25) is 0 Å². The Kier molecular flexibility index (Phi) is 6.53. The van der Waals surface area contributed by atoms with Gasteiger partial charge in [-0.05, 0) is 50.3 Å². The van der Waals surface area contributed by atoms with E-state index in [2.05, 4.69) is 42.8 Å². The van der Waals surface area contributed by atoms with Crippen molar-refractivity contribution >= 4 is 11.8 Å². The minimum absolute atomic E-state index is 0.322. The first-order valence-corrected chi connectivity index (χ1v) is 7.04. The molecular weight excluding hydrogens is 216 g/mol. The Morgan fingerprint density at radius 3 is 2.56 bits per heavy atom. The molecule has 0 aromatic heterocycles. The summed E-state index contributed by atoms with van der Waals surface area (Å²) in [6.45, 7) is 4.06. The molecule has 16 heavy (non-hydrogen) atoms. The Morgan fingerprint density at radius 1 is 1.31 bits per heavy atom. The van der Waals surface area contributed by atoms with Crippen molar-refractivity contribution in [1.29, 1.82) is 0 Å². The molecule has 1 atom stereocenters. The molecule has 0 fully saturated rings. The maximum Gasteiger partial charge on any atom is 0.0205 e. The summed E-state index contributed by atoms with van der Waals surface area (Å²) in [5, 5.41) is 3.43. The predicted molar refractivity (Wildman–Crippen MR) is 72.8 cm³/mol. The van der Waals surface area contributed by atoms with E-state index in [1.807, 2.05) is 0 Å². The molecule has 0 heterocycles. The fraction of sp³-hybridized carbons (Fsp3) is 0.538. The largest absolute Gasteiger partial charge is 0.328 e. The van der Waals surface area contributed by atoms with Gasteiger partial charge in [0.1, 0.15) is 0 Å². The van der Waals surface area contributed by atoms with Gasteiger partial charge in [0.2, 0.25) is 0 Å². The third-order valence-electron chi connectivity index (χ3n) is 2.50. The number of rotatable bonds is 7. The Bertz CT molecular complexity index is 282. The molecule has 0 aliphatic carbocycles. The summed E-state index contributed by atoms with van der Waals surface area (Å²) in [4.78, 5) is 1.32. The van der Waals surface area contributed by atoms with Crippen molar-refractivity contribution in [1.82, 2.24) is 5.32 Å². The van der Waals surface area contributed by atoms with Gasteiger partial charge in [-0.2, -0.15) is 0 Å². The lowest BCUT2D eigenvalue weighted by Crippen LogP contribution is -2.19. The average Bonchev–Trinajstić information content (AvgIpc) is 2.29. The lowest BCUT2D eigenvalue weighted by atomic mass is 10.2. The number of benzene rings is 1. The van der Waals surface area contributed by atoms with Crippen molar-refractivity contribution in [3.05, 3.63) is 29.8 Å². The molecule has 0 bridgehead atoms. The van der Waals surface area contributed by atoms with E-state index in [-0.39, 0.29) is 0 Å². The van der Waals surface area contributed by atoms with Crippen LogP contribution >= 0.6 is 11.8 Å². The molecule has 3 N–H and O–H groups in total. The zero-order valence-electron chi connectivity index (χ0n) is 10.2. The fourth-order valence-electron chi connectivity index (χ4n) is 1.53. The summed E-state index contributed by atoms with van der Waals surface area (Å²) in [5.74, 6) is 0. The smallest absolute Gasteiger partial charge is 0.0205 e. The van der Waals surface area contributed by atoms with Crippen LogP contribution in [0.3, 0.4) is 0 Å². The van der Waals surface area contributed by atoms with Gasteiger partial charge in [0, 0.05) is 17.5 Å². The molecule has 1 aromatic carbocycles. The Morgan fingerprint density at radius 2 is 2.00 bits per heavy atom. The number of nitrogens with one attached hydrogen (secondary N) is 1. The van der Waals surface area contributed by atoms with Gasteiger partial charge < -0.3 is 11.1 Å². The highest BCUT2D eigenvalue weighted by atomic mass is 32.2. The van der Waals surface area contributed by atoms with E-state index in [1.54, 1.807) is 11.8 Å². The highest BCUT2D eigenvalue weighted by Crippen LogP contribution is 2.14. The second kappa shape index (κ2) is 7.71. The number of thioether (sulfide) groups is 1. The van der Waals surface area contributed by atoms with Gasteiger partial charge >= 0.3 is 0 Å². The summed E-state index contributed by atoms with van der Waals surface area (Å²) in [6.07, 6.45) is 4.35. The van der Waals surface area contributed by atoms with Gasteiger partial charge in [0.25, 0.3) is 0 Å². The molecule has 0 saturated heterocycles. The summed E-state index contributed by atoms with van der Waals surface area (Å²) in [6, 6.07) is 9.03. The van der Waals surface area contributed by atoms with Crippen molar-refractivity contribution in [3.8, 4) is 0 Å². The molecule has 0 spiro atoms. The predicted octanol–water partition coefficient (Wildman–Crippen LogP) is 2.63. The Hall–Kier alpha value is -0.510. The number of hydrogen-bond acceptors (Lipinski definition) is 3. The lowest BCUT2D eigenvalue weighted by Gasteiger charge is -2.07. The summed E-state index contributed by atoms with van der Waals surface area (Å²) in [7, 11) is 0. The second-order valence-electron chi connectivity index (χ2n) is 4.14. The molecule has 2 nitrogen and oxygen atoms in total. The average molecular weight is 238 g/mol. The van der Waals surface area contributed by atoms with E-state index in [4.69, 9.17) is 5.73 Å². The van der Waals surface area contributed by atoms with Gasteiger partial charge in [-0.1, -0.05) is 12.1 Å². The molecule has 3 heteroatoms. The van der Waals surface area contributed by atoms with Crippen molar-refractivity contribution in [2.45, 2.75) is 37.2 Å². The molecule has 1 rings (SSSR count). The van der Waals surface area contributed by atoms with Crippen LogP contribution in [0.25, 0.3) is 0 Å². The Labute approximate surface area is 103 Å². The maximum absolute atomic E-state index is 5.69. The minimum atomic E-state index is 0.322. The van der Waals surface area contributed by atoms with E-state index < -0.39 is 0 Å². The van der Waals surface area contributed by atoms with Crippen LogP contribution in [-0.4, -0.2) is 18.8 Å². The zero-order valence-corrected chi connectivity index (χ0v) is 11.0. The second-order valence-corrected chi connectivity index (χ2v) is 5.02. The monoisotopic (exact) mass is 238 g/mol. The van der Waals surface area contributed by atoms with Crippen LogP contribution in [0.4, 0.5) is 0 Å². The van der Waals surface area contributed by atoms with Gasteiger partial charge in [-0.25, -0.2) is 0 Å². The van der Waals surface area contributed by atoms with Crippen molar-refractivity contribution in [2.75, 3.05) is 12.8 Å². The van der Waals surface area contributed by atoms with E-state index in [9.17, 15) is 0 Å².